The number of nitrogens with two attached hydrogens (primary N) is 1. The van der Waals surface area contributed by atoms with Crippen LogP contribution in [-0.4, -0.2) is 59.1 Å². The van der Waals surface area contributed by atoms with Crippen LogP contribution in [0.25, 0.3) is 0 Å². The van der Waals surface area contributed by atoms with Gasteiger partial charge in [-0.15, -0.1) is 0 Å². The van der Waals surface area contributed by atoms with E-state index in [1.54, 1.807) is 19.1 Å². The van der Waals surface area contributed by atoms with Crippen LogP contribution in [0, 0.1) is 5.41 Å². The fraction of sp³-hybridized carbons (Fsp3) is 0.364. The van der Waals surface area contributed by atoms with Crippen molar-refractivity contribution in [3.05, 3.63) is 47.3 Å². The van der Waals surface area contributed by atoms with E-state index in [1.165, 1.54) is 25.3 Å². The average molecular weight is 475 g/mol. The number of hydrogen-bond acceptors (Lipinski definition) is 7. The molecular weight excluding hydrogens is 446 g/mol. The zero-order valence-electron chi connectivity index (χ0n) is 18.9. The number of nitrogens with one attached hydrogen (secondary N) is 3. The number of aromatic nitrogens is 1. The van der Waals surface area contributed by atoms with Gasteiger partial charge in [0.2, 0.25) is 5.91 Å². The number of carbonyl (C=O) groups is 2. The molecule has 0 aliphatic carbocycles. The maximum atomic E-state index is 12.7. The molecule has 3 rings (SSSR count). The van der Waals surface area contributed by atoms with Crippen LogP contribution in [0.2, 0.25) is 0 Å². The number of amides is 2. The fourth-order valence-electron chi connectivity index (χ4n) is 3.77. The van der Waals surface area contributed by atoms with Crippen LogP contribution in [0.4, 0.5) is 11.4 Å². The monoisotopic (exact) mass is 474 g/mol. The van der Waals surface area contributed by atoms with Gasteiger partial charge in [-0.05, 0) is 32.9 Å². The Morgan fingerprint density at radius 3 is 2.42 bits per heavy atom. The van der Waals surface area contributed by atoms with Crippen LogP contribution >= 0.6 is 0 Å². The number of quaternary nitrogens is 1. The SMILES string of the molecule is CC(=O)Nc1ccc(C(=N)c2ncc(C(=O)NC3(C)CS(=O)(=O)C3)cc2[NH2+]C(C)C)cc1O. The van der Waals surface area contributed by atoms with Crippen molar-refractivity contribution in [2.24, 2.45) is 0 Å². The number of benzene rings is 1. The molecule has 11 heteroatoms. The highest BCUT2D eigenvalue weighted by molar-refractivity contribution is 7.93. The Morgan fingerprint density at radius 2 is 1.88 bits per heavy atom. The Hall–Kier alpha value is -3.31. The van der Waals surface area contributed by atoms with Crippen molar-refractivity contribution in [2.75, 3.05) is 16.8 Å². The normalized spacial score (nSPS) is 16.0. The van der Waals surface area contributed by atoms with Gasteiger partial charge < -0.3 is 21.1 Å². The second-order valence-electron chi connectivity index (χ2n) is 8.91. The molecule has 1 aromatic carbocycles. The van der Waals surface area contributed by atoms with E-state index in [0.29, 0.717) is 16.9 Å². The van der Waals surface area contributed by atoms with Crippen molar-refractivity contribution in [1.82, 2.24) is 10.3 Å². The first-order chi connectivity index (χ1) is 15.3. The first-order valence-corrected chi connectivity index (χ1v) is 12.2. The van der Waals surface area contributed by atoms with Crippen LogP contribution in [0.15, 0.2) is 30.5 Å². The van der Waals surface area contributed by atoms with Crippen molar-refractivity contribution in [1.29, 1.82) is 5.41 Å². The quantitative estimate of drug-likeness (QED) is 0.292. The smallest absolute Gasteiger partial charge is 0.253 e. The summed E-state index contributed by atoms with van der Waals surface area (Å²) in [7, 11) is -3.11. The summed E-state index contributed by atoms with van der Waals surface area (Å²) in [6.07, 6.45) is 1.35. The zero-order chi connectivity index (χ0) is 24.6. The van der Waals surface area contributed by atoms with Crippen molar-refractivity contribution < 1.29 is 28.4 Å². The summed E-state index contributed by atoms with van der Waals surface area (Å²) in [4.78, 5) is 28.3. The van der Waals surface area contributed by atoms with E-state index in [9.17, 15) is 23.1 Å². The molecule has 33 heavy (non-hydrogen) atoms. The van der Waals surface area contributed by atoms with Crippen molar-refractivity contribution in [3.63, 3.8) is 0 Å². The molecule has 1 aromatic heterocycles. The number of aromatic hydroxyl groups is 1. The molecule has 6 N–H and O–H groups in total. The van der Waals surface area contributed by atoms with Gasteiger partial charge in [0.05, 0.1) is 40.0 Å². The summed E-state index contributed by atoms with van der Waals surface area (Å²) in [5.74, 6) is -1.16. The van der Waals surface area contributed by atoms with Crippen molar-refractivity contribution >= 4 is 38.7 Å². The summed E-state index contributed by atoms with van der Waals surface area (Å²) in [6.45, 7) is 6.92. The van der Waals surface area contributed by atoms with Gasteiger partial charge in [-0.3, -0.25) is 15.0 Å². The lowest BCUT2D eigenvalue weighted by Crippen LogP contribution is -2.83. The zero-order valence-corrected chi connectivity index (χ0v) is 19.7. The topological polar surface area (TPSA) is 166 Å². The third-order valence-corrected chi connectivity index (χ3v) is 7.17. The van der Waals surface area contributed by atoms with E-state index in [2.05, 4.69) is 15.6 Å². The molecule has 0 radical (unpaired) electrons. The largest absolute Gasteiger partial charge is 0.506 e. The van der Waals surface area contributed by atoms with Crippen LogP contribution in [0.5, 0.6) is 5.75 Å². The molecule has 0 bridgehead atoms. The third kappa shape index (κ3) is 5.74. The van der Waals surface area contributed by atoms with Gasteiger partial charge in [-0.25, -0.2) is 13.4 Å². The van der Waals surface area contributed by atoms with Gasteiger partial charge in [-0.1, -0.05) is 6.07 Å². The average Bonchev–Trinajstić information content (AvgIpc) is 2.66. The minimum absolute atomic E-state index is 0.0376. The number of nitrogens with zero attached hydrogens (tertiary/aromatic N) is 1. The number of sulfone groups is 1. The number of rotatable bonds is 7. The van der Waals surface area contributed by atoms with Crippen molar-refractivity contribution in [3.8, 4) is 5.75 Å². The van der Waals surface area contributed by atoms with E-state index in [-0.39, 0.29) is 46.2 Å². The van der Waals surface area contributed by atoms with E-state index < -0.39 is 21.3 Å². The molecule has 0 saturated carbocycles. The minimum atomic E-state index is -3.11. The van der Waals surface area contributed by atoms with Gasteiger partial charge in [0.25, 0.3) is 5.91 Å². The molecule has 0 spiro atoms. The van der Waals surface area contributed by atoms with Crippen LogP contribution in [-0.2, 0) is 14.6 Å². The first kappa shape index (κ1) is 24.3. The van der Waals surface area contributed by atoms with Gasteiger partial charge in [0, 0.05) is 24.8 Å². The highest BCUT2D eigenvalue weighted by atomic mass is 32.2. The summed E-state index contributed by atoms with van der Waals surface area (Å²) >= 11 is 0. The number of carbonyl (C=O) groups excluding carboxylic acids is 2. The Balaban J connectivity index is 1.89. The summed E-state index contributed by atoms with van der Waals surface area (Å²) in [5.41, 5.74) is 1.000. The molecule has 0 unspecified atom stereocenters. The molecule has 176 valence electrons. The lowest BCUT2D eigenvalue weighted by molar-refractivity contribution is -0.603. The maximum absolute atomic E-state index is 12.7. The third-order valence-electron chi connectivity index (χ3n) is 5.02. The molecule has 2 amide bonds. The van der Waals surface area contributed by atoms with E-state index in [1.807, 2.05) is 19.2 Å². The molecule has 2 heterocycles. The highest BCUT2D eigenvalue weighted by Gasteiger charge is 2.45. The molecule has 1 fully saturated rings. The molecule has 0 atom stereocenters. The van der Waals surface area contributed by atoms with Crippen LogP contribution in [0.1, 0.15) is 49.3 Å². The summed E-state index contributed by atoms with van der Waals surface area (Å²) in [5, 5.41) is 26.0. The summed E-state index contributed by atoms with van der Waals surface area (Å²) in [6, 6.07) is 6.18. The molecule has 1 aliphatic heterocycles. The van der Waals surface area contributed by atoms with Gasteiger partial charge in [0.15, 0.2) is 15.5 Å². The molecule has 1 saturated heterocycles. The first-order valence-electron chi connectivity index (χ1n) is 10.4. The van der Waals surface area contributed by atoms with Gasteiger partial charge >= 0.3 is 0 Å². The Kier molecular flexibility index (Phi) is 6.57. The number of anilines is 1. The number of phenols is 1. The van der Waals surface area contributed by atoms with E-state index >= 15 is 0 Å². The second kappa shape index (κ2) is 8.91. The standard InChI is InChI=1S/C22H27N5O5S/c1-12(2)25-17-7-15(21(30)27-22(4)10-33(31,32)11-22)9-24-20(17)19(23)14-5-6-16(18(29)8-14)26-13(3)28/h5-9,12,23,25,29H,10-11H2,1-4H3,(H,26,28)(H,27,30)/p+1. The number of pyridine rings is 1. The van der Waals surface area contributed by atoms with Crippen LogP contribution in [0.3, 0.4) is 0 Å². The van der Waals surface area contributed by atoms with E-state index in [4.69, 9.17) is 5.41 Å². The number of phenolic OH excluding ortho intramolecular Hbond substituents is 1. The van der Waals surface area contributed by atoms with Crippen molar-refractivity contribution in [2.45, 2.75) is 39.3 Å². The minimum Gasteiger partial charge on any atom is -0.506 e. The Morgan fingerprint density at radius 1 is 1.21 bits per heavy atom. The predicted molar refractivity (Wildman–Crippen MR) is 124 cm³/mol. The predicted octanol–water partition coefficient (Wildman–Crippen LogP) is 0.682. The molecule has 2 aromatic rings. The second-order valence-corrected chi connectivity index (χ2v) is 11.0. The van der Waals surface area contributed by atoms with E-state index in [0.717, 1.165) is 0 Å². The number of hydrogen-bond donors (Lipinski definition) is 5. The lowest BCUT2D eigenvalue weighted by atomic mass is 10.0. The highest BCUT2D eigenvalue weighted by Crippen LogP contribution is 2.27. The van der Waals surface area contributed by atoms with Gasteiger partial charge in [-0.2, -0.15) is 0 Å². The Bertz CT molecular complexity index is 1230. The Labute approximate surface area is 192 Å². The molecular formula is C22H28N5O5S+. The molecule has 10 nitrogen and oxygen atoms in total. The lowest BCUT2D eigenvalue weighted by Gasteiger charge is -2.38. The van der Waals surface area contributed by atoms with Crippen LogP contribution < -0.4 is 16.0 Å². The fourth-order valence-corrected chi connectivity index (χ4v) is 5.77. The molecule has 1 aliphatic rings. The maximum Gasteiger partial charge on any atom is 0.253 e. The van der Waals surface area contributed by atoms with Gasteiger partial charge in [0.1, 0.15) is 11.4 Å². The summed E-state index contributed by atoms with van der Waals surface area (Å²) < 4.78 is 23.0.